The first-order chi connectivity index (χ1) is 8.81. The fourth-order valence-electron chi connectivity index (χ4n) is 3.94. The highest BCUT2D eigenvalue weighted by molar-refractivity contribution is 5.93. The second-order valence-corrected chi connectivity index (χ2v) is 5.58. The number of benzene rings is 1. The molecule has 1 fully saturated rings. The van der Waals surface area contributed by atoms with Gasteiger partial charge in [-0.2, -0.15) is 0 Å². The Hall–Kier alpha value is -1.48. The van der Waals surface area contributed by atoms with Crippen molar-refractivity contribution in [3.63, 3.8) is 0 Å². The molecule has 0 radical (unpaired) electrons. The van der Waals surface area contributed by atoms with Crippen LogP contribution in [0.15, 0.2) is 18.2 Å². The average molecular weight is 241 g/mol. The second-order valence-electron chi connectivity index (χ2n) is 5.58. The summed E-state index contributed by atoms with van der Waals surface area (Å²) < 4.78 is 2.37. The van der Waals surface area contributed by atoms with Crippen LogP contribution in [0.5, 0.6) is 0 Å². The number of aromatic nitrogens is 1. The summed E-state index contributed by atoms with van der Waals surface area (Å²) >= 11 is 0. The number of nitrogens with two attached hydrogens (primary N) is 1. The van der Waals surface area contributed by atoms with E-state index in [4.69, 9.17) is 5.73 Å². The lowest BCUT2D eigenvalue weighted by atomic mass is 9.84. The van der Waals surface area contributed by atoms with Crippen LogP contribution in [0.1, 0.15) is 29.9 Å². The van der Waals surface area contributed by atoms with Gasteiger partial charge < -0.3 is 15.2 Å². The van der Waals surface area contributed by atoms with E-state index in [-0.39, 0.29) is 0 Å². The zero-order valence-corrected chi connectivity index (χ0v) is 10.8. The standard InChI is InChI=1S/C15H19N3/c1-17-14-11(9-16)3-2-4-12(14)13-10-5-7-18(8-6-10)15(13)17/h2-4,10H,5-9,16H2,1H3. The largest absolute Gasteiger partial charge is 0.358 e. The molecule has 0 aliphatic carbocycles. The quantitative estimate of drug-likeness (QED) is 0.831. The normalized spacial score (nSPS) is 18.7. The van der Waals surface area contributed by atoms with Crippen LogP contribution >= 0.6 is 0 Å². The zero-order valence-electron chi connectivity index (χ0n) is 10.8. The molecule has 1 aromatic carbocycles. The lowest BCUT2D eigenvalue weighted by Gasteiger charge is -2.41. The highest BCUT2D eigenvalue weighted by Gasteiger charge is 2.35. The number of rotatable bonds is 1. The molecule has 0 spiro atoms. The summed E-state index contributed by atoms with van der Waals surface area (Å²) in [6, 6.07) is 6.59. The average Bonchev–Trinajstić information content (AvgIpc) is 2.76. The van der Waals surface area contributed by atoms with Gasteiger partial charge in [-0.15, -0.1) is 0 Å². The SMILES string of the molecule is Cn1c2c(c3cccc(CN)c31)C1CCN2CC1. The highest BCUT2D eigenvalue weighted by atomic mass is 15.3. The van der Waals surface area contributed by atoms with Gasteiger partial charge in [-0.3, -0.25) is 0 Å². The van der Waals surface area contributed by atoms with Gasteiger partial charge in [0.25, 0.3) is 0 Å². The molecule has 0 amide bonds. The minimum atomic E-state index is 0.624. The van der Waals surface area contributed by atoms with Crippen molar-refractivity contribution in [2.45, 2.75) is 25.3 Å². The molecule has 3 aliphatic rings. The first kappa shape index (κ1) is 10.4. The minimum Gasteiger partial charge on any atom is -0.358 e. The van der Waals surface area contributed by atoms with Crippen molar-refractivity contribution in [2.24, 2.45) is 12.8 Å². The van der Waals surface area contributed by atoms with Crippen LogP contribution in [0.2, 0.25) is 0 Å². The Bertz CT molecular complexity index is 618. The van der Waals surface area contributed by atoms with E-state index < -0.39 is 0 Å². The van der Waals surface area contributed by atoms with Crippen LogP contribution in [0, 0.1) is 0 Å². The van der Waals surface area contributed by atoms with E-state index in [2.05, 4.69) is 34.7 Å². The Morgan fingerprint density at radius 3 is 2.78 bits per heavy atom. The predicted octanol–water partition coefficient (Wildman–Crippen LogP) is 2.33. The van der Waals surface area contributed by atoms with E-state index in [0.29, 0.717) is 6.54 Å². The van der Waals surface area contributed by atoms with Gasteiger partial charge in [-0.1, -0.05) is 18.2 Å². The Kier molecular flexibility index (Phi) is 2.04. The predicted molar refractivity (Wildman–Crippen MR) is 75.0 cm³/mol. The number of nitrogens with zero attached hydrogens (tertiary/aromatic N) is 2. The van der Waals surface area contributed by atoms with Gasteiger partial charge in [0.1, 0.15) is 5.82 Å². The minimum absolute atomic E-state index is 0.624. The molecule has 2 bridgehead atoms. The van der Waals surface area contributed by atoms with Gasteiger partial charge in [0.2, 0.25) is 0 Å². The van der Waals surface area contributed by atoms with E-state index in [9.17, 15) is 0 Å². The maximum absolute atomic E-state index is 5.90. The molecule has 3 heteroatoms. The molecule has 3 nitrogen and oxygen atoms in total. The van der Waals surface area contributed by atoms with E-state index in [0.717, 1.165) is 5.92 Å². The molecule has 4 heterocycles. The molecule has 3 aliphatic heterocycles. The van der Waals surface area contributed by atoms with Crippen LogP contribution < -0.4 is 10.6 Å². The Balaban J connectivity index is 2.13. The van der Waals surface area contributed by atoms with Crippen molar-refractivity contribution in [3.05, 3.63) is 29.3 Å². The number of fused-ring (bicyclic) bond motifs is 3. The van der Waals surface area contributed by atoms with Crippen LogP contribution in [-0.2, 0) is 13.6 Å². The first-order valence-electron chi connectivity index (χ1n) is 6.86. The summed E-state index contributed by atoms with van der Waals surface area (Å²) in [7, 11) is 2.20. The molecular formula is C15H19N3. The number of hydrogen-bond donors (Lipinski definition) is 1. The summed E-state index contributed by atoms with van der Waals surface area (Å²) in [5, 5.41) is 1.44. The van der Waals surface area contributed by atoms with Gasteiger partial charge in [0, 0.05) is 37.6 Å². The van der Waals surface area contributed by atoms with Gasteiger partial charge in [-0.05, 0) is 24.3 Å². The molecule has 2 aromatic rings. The number of piperidine rings is 1. The van der Waals surface area contributed by atoms with Crippen LogP contribution in [-0.4, -0.2) is 17.7 Å². The molecule has 1 aromatic heterocycles. The zero-order chi connectivity index (χ0) is 12.3. The second kappa shape index (κ2) is 3.51. The molecular weight excluding hydrogens is 222 g/mol. The first-order valence-corrected chi connectivity index (χ1v) is 6.86. The fraction of sp³-hybridized carbons (Fsp3) is 0.467. The number of para-hydroxylation sites is 1. The monoisotopic (exact) mass is 241 g/mol. The van der Waals surface area contributed by atoms with Crippen molar-refractivity contribution >= 4 is 16.7 Å². The number of hydrogen-bond acceptors (Lipinski definition) is 2. The molecule has 1 saturated heterocycles. The highest BCUT2D eigenvalue weighted by Crippen LogP contribution is 2.47. The summed E-state index contributed by atoms with van der Waals surface area (Å²) in [5.74, 6) is 2.22. The summed E-state index contributed by atoms with van der Waals surface area (Å²) in [5.41, 5.74) is 10.1. The summed E-state index contributed by atoms with van der Waals surface area (Å²) in [6.45, 7) is 3.07. The van der Waals surface area contributed by atoms with Crippen molar-refractivity contribution < 1.29 is 0 Å². The van der Waals surface area contributed by atoms with Crippen molar-refractivity contribution in [1.82, 2.24) is 4.57 Å². The Labute approximate surface area is 107 Å². The Morgan fingerprint density at radius 2 is 2.06 bits per heavy atom. The van der Waals surface area contributed by atoms with Crippen LogP contribution in [0.25, 0.3) is 10.9 Å². The third-order valence-electron chi connectivity index (χ3n) is 4.73. The number of anilines is 1. The van der Waals surface area contributed by atoms with Gasteiger partial charge >= 0.3 is 0 Å². The van der Waals surface area contributed by atoms with Gasteiger partial charge in [0.15, 0.2) is 0 Å². The summed E-state index contributed by atoms with van der Waals surface area (Å²) in [4.78, 5) is 2.55. The molecule has 2 N–H and O–H groups in total. The van der Waals surface area contributed by atoms with E-state index in [1.165, 1.54) is 48.2 Å². The van der Waals surface area contributed by atoms with Crippen molar-refractivity contribution in [1.29, 1.82) is 0 Å². The number of aryl methyl sites for hydroxylation is 1. The maximum atomic E-state index is 5.90. The third kappa shape index (κ3) is 1.13. The lowest BCUT2D eigenvalue weighted by molar-refractivity contribution is 0.469. The molecule has 0 saturated carbocycles. The van der Waals surface area contributed by atoms with Crippen molar-refractivity contribution in [2.75, 3.05) is 18.0 Å². The van der Waals surface area contributed by atoms with Crippen molar-refractivity contribution in [3.8, 4) is 0 Å². The van der Waals surface area contributed by atoms with E-state index >= 15 is 0 Å². The Morgan fingerprint density at radius 1 is 1.28 bits per heavy atom. The van der Waals surface area contributed by atoms with Crippen LogP contribution in [0.4, 0.5) is 5.82 Å². The van der Waals surface area contributed by atoms with E-state index in [1.807, 2.05) is 0 Å². The lowest BCUT2D eigenvalue weighted by Crippen LogP contribution is -2.39. The van der Waals surface area contributed by atoms with E-state index in [1.54, 1.807) is 5.56 Å². The molecule has 0 unspecified atom stereocenters. The molecule has 94 valence electrons. The van der Waals surface area contributed by atoms with Gasteiger partial charge in [-0.25, -0.2) is 0 Å². The third-order valence-corrected chi connectivity index (χ3v) is 4.73. The molecule has 18 heavy (non-hydrogen) atoms. The molecule has 5 rings (SSSR count). The van der Waals surface area contributed by atoms with Gasteiger partial charge in [0.05, 0.1) is 5.52 Å². The summed E-state index contributed by atoms with van der Waals surface area (Å²) in [6.07, 6.45) is 2.64. The smallest absolute Gasteiger partial charge is 0.112 e. The van der Waals surface area contributed by atoms with Crippen LogP contribution in [0.3, 0.4) is 0 Å². The topological polar surface area (TPSA) is 34.2 Å². The molecule has 0 atom stereocenters. The maximum Gasteiger partial charge on any atom is 0.112 e. The fourth-order valence-corrected chi connectivity index (χ4v) is 3.94.